The molecule has 2 aliphatic heterocycles. The van der Waals surface area contributed by atoms with E-state index in [-0.39, 0.29) is 56.0 Å². The summed E-state index contributed by atoms with van der Waals surface area (Å²) >= 11 is 0. The summed E-state index contributed by atoms with van der Waals surface area (Å²) in [6.45, 7) is 6.55. The van der Waals surface area contributed by atoms with Crippen molar-refractivity contribution in [2.24, 2.45) is 5.73 Å². The molecule has 3 atom stereocenters. The fourth-order valence-electron chi connectivity index (χ4n) is 5.30. The lowest BCUT2D eigenvalue weighted by atomic mass is 10.0. The Kier molecular flexibility index (Phi) is 12.1. The van der Waals surface area contributed by atoms with E-state index in [1.165, 1.54) is 24.8 Å². The summed E-state index contributed by atoms with van der Waals surface area (Å²) in [5, 5.41) is 7.85. The van der Waals surface area contributed by atoms with Gasteiger partial charge in [-0.1, -0.05) is 24.3 Å². The van der Waals surface area contributed by atoms with E-state index in [0.29, 0.717) is 43.1 Å². The zero-order valence-corrected chi connectivity index (χ0v) is 27.3. The van der Waals surface area contributed by atoms with Gasteiger partial charge in [0, 0.05) is 58.1 Å². The lowest BCUT2D eigenvalue weighted by molar-refractivity contribution is -0.131. The van der Waals surface area contributed by atoms with E-state index in [2.05, 4.69) is 16.0 Å². The number of Topliss-reactive ketones (excluding diaryl/α,β-unsaturated/α-hetero) is 1. The van der Waals surface area contributed by atoms with E-state index in [1.807, 2.05) is 4.90 Å². The maximum Gasteiger partial charge on any atom is 0.414 e. The van der Waals surface area contributed by atoms with Crippen molar-refractivity contribution in [2.75, 3.05) is 49.1 Å². The van der Waals surface area contributed by atoms with Gasteiger partial charge in [-0.25, -0.2) is 9.18 Å². The standard InChI is InChI=1S/C33H42FN7O7/c1-20(35)31(45)38-21(2)32(46)37-17-23-4-6-24(7-5-23)29(43)10-11-30(44)40-14-12-39(13-15-40)28-9-8-25(16-27(28)34)41-19-26(48-33(41)47)18-36-22(3)42/h4-9,16,20-21,26H,10-15,17-19,35H2,1-3H3,(H,36,42)(H,37,46)(H,38,45)/t20-,21-,26-/m0/s1. The van der Waals surface area contributed by atoms with Gasteiger partial charge in [0.25, 0.3) is 0 Å². The van der Waals surface area contributed by atoms with Gasteiger partial charge in [0.1, 0.15) is 18.0 Å². The van der Waals surface area contributed by atoms with E-state index in [4.69, 9.17) is 10.5 Å². The van der Waals surface area contributed by atoms with Crippen molar-refractivity contribution in [1.29, 1.82) is 0 Å². The molecule has 14 nitrogen and oxygen atoms in total. The van der Waals surface area contributed by atoms with E-state index in [1.54, 1.807) is 48.2 Å². The normalized spacial score (nSPS) is 17.3. The highest BCUT2D eigenvalue weighted by molar-refractivity contribution is 5.98. The van der Waals surface area contributed by atoms with Gasteiger partial charge in [0.15, 0.2) is 5.78 Å². The van der Waals surface area contributed by atoms with Gasteiger partial charge in [-0.3, -0.25) is 28.9 Å². The number of halogens is 1. The predicted octanol–water partition coefficient (Wildman–Crippen LogP) is 1.07. The predicted molar refractivity (Wildman–Crippen MR) is 175 cm³/mol. The van der Waals surface area contributed by atoms with Gasteiger partial charge in [0.2, 0.25) is 23.6 Å². The molecule has 258 valence electrons. The molecule has 15 heteroatoms. The number of piperazine rings is 1. The van der Waals surface area contributed by atoms with Crippen LogP contribution in [0.15, 0.2) is 42.5 Å². The zero-order valence-electron chi connectivity index (χ0n) is 27.3. The number of nitrogens with zero attached hydrogens (tertiary/aromatic N) is 3. The van der Waals surface area contributed by atoms with E-state index in [0.717, 1.165) is 5.56 Å². The molecule has 0 bridgehead atoms. The van der Waals surface area contributed by atoms with Gasteiger partial charge in [-0.2, -0.15) is 0 Å². The third-order valence-corrected chi connectivity index (χ3v) is 8.14. The molecule has 2 aliphatic rings. The van der Waals surface area contributed by atoms with Crippen LogP contribution in [0.1, 0.15) is 49.5 Å². The van der Waals surface area contributed by atoms with Crippen LogP contribution in [0.2, 0.25) is 0 Å². The number of amides is 5. The Morgan fingerprint density at radius 2 is 1.65 bits per heavy atom. The molecule has 0 aromatic heterocycles. The summed E-state index contributed by atoms with van der Waals surface area (Å²) in [5.74, 6) is -1.89. The van der Waals surface area contributed by atoms with Crippen molar-refractivity contribution in [3.8, 4) is 0 Å². The van der Waals surface area contributed by atoms with Crippen LogP contribution in [0, 0.1) is 5.82 Å². The highest BCUT2D eigenvalue weighted by atomic mass is 19.1. The quantitative estimate of drug-likeness (QED) is 0.227. The molecule has 0 saturated carbocycles. The van der Waals surface area contributed by atoms with Crippen molar-refractivity contribution < 1.29 is 37.9 Å². The van der Waals surface area contributed by atoms with E-state index in [9.17, 15) is 28.8 Å². The third-order valence-electron chi connectivity index (χ3n) is 8.14. The Labute approximate surface area is 278 Å². The number of nitrogens with one attached hydrogen (secondary N) is 3. The average molecular weight is 668 g/mol. The van der Waals surface area contributed by atoms with Crippen LogP contribution in [0.3, 0.4) is 0 Å². The maximum atomic E-state index is 15.2. The summed E-state index contributed by atoms with van der Waals surface area (Å²) < 4.78 is 20.4. The number of ketones is 1. The number of carbonyl (C=O) groups excluding carboxylic acids is 6. The summed E-state index contributed by atoms with van der Waals surface area (Å²) in [6, 6.07) is 9.75. The highest BCUT2D eigenvalue weighted by Crippen LogP contribution is 2.28. The molecule has 5 N–H and O–H groups in total. The summed E-state index contributed by atoms with van der Waals surface area (Å²) in [4.78, 5) is 77.8. The van der Waals surface area contributed by atoms with Crippen LogP contribution in [0.5, 0.6) is 0 Å². The molecule has 0 aliphatic carbocycles. The Morgan fingerprint density at radius 3 is 2.27 bits per heavy atom. The molecular weight excluding hydrogens is 625 g/mol. The molecule has 0 unspecified atom stereocenters. The molecule has 2 heterocycles. The second-order valence-electron chi connectivity index (χ2n) is 11.9. The molecule has 4 rings (SSSR count). The molecule has 2 fully saturated rings. The molecule has 2 saturated heterocycles. The number of cyclic esters (lactones) is 1. The maximum absolute atomic E-state index is 15.2. The highest BCUT2D eigenvalue weighted by Gasteiger charge is 2.33. The van der Waals surface area contributed by atoms with Crippen LogP contribution in [0.4, 0.5) is 20.6 Å². The minimum Gasteiger partial charge on any atom is -0.442 e. The molecule has 2 aromatic carbocycles. The van der Waals surface area contributed by atoms with Crippen molar-refractivity contribution in [2.45, 2.75) is 58.3 Å². The van der Waals surface area contributed by atoms with Gasteiger partial charge in [-0.15, -0.1) is 0 Å². The molecule has 0 spiro atoms. The van der Waals surface area contributed by atoms with E-state index < -0.39 is 36.0 Å². The molecule has 5 amide bonds. The van der Waals surface area contributed by atoms with Gasteiger partial charge in [0.05, 0.1) is 30.5 Å². The van der Waals surface area contributed by atoms with Crippen LogP contribution >= 0.6 is 0 Å². The molecular formula is C33H42FN7O7. The second kappa shape index (κ2) is 16.2. The fourth-order valence-corrected chi connectivity index (χ4v) is 5.30. The number of nitrogens with two attached hydrogens (primary N) is 1. The summed E-state index contributed by atoms with van der Waals surface area (Å²) in [5.41, 5.74) is 7.42. The van der Waals surface area contributed by atoms with Crippen LogP contribution in [-0.2, 0) is 30.5 Å². The lowest BCUT2D eigenvalue weighted by Crippen LogP contribution is -2.49. The van der Waals surface area contributed by atoms with Crippen molar-refractivity contribution in [3.63, 3.8) is 0 Å². The first-order valence-corrected chi connectivity index (χ1v) is 15.8. The molecule has 48 heavy (non-hydrogen) atoms. The first-order chi connectivity index (χ1) is 22.8. The topological polar surface area (TPSA) is 183 Å². The van der Waals surface area contributed by atoms with Gasteiger partial charge < -0.3 is 36.2 Å². The Morgan fingerprint density at radius 1 is 0.958 bits per heavy atom. The Bertz CT molecular complexity index is 1530. The van der Waals surface area contributed by atoms with Crippen molar-refractivity contribution in [3.05, 3.63) is 59.4 Å². The molecule has 0 radical (unpaired) electrons. The minimum absolute atomic E-state index is 0.0343. The van der Waals surface area contributed by atoms with Gasteiger partial charge in [-0.05, 0) is 37.6 Å². The number of hydrogen-bond donors (Lipinski definition) is 4. The Balaban J connectivity index is 1.20. The number of carbonyl (C=O) groups is 6. The third kappa shape index (κ3) is 9.50. The largest absolute Gasteiger partial charge is 0.442 e. The second-order valence-corrected chi connectivity index (χ2v) is 11.9. The number of anilines is 2. The van der Waals surface area contributed by atoms with Crippen LogP contribution in [-0.4, -0.2) is 97.9 Å². The van der Waals surface area contributed by atoms with Crippen LogP contribution in [0.25, 0.3) is 0 Å². The first-order valence-electron chi connectivity index (χ1n) is 15.8. The SMILES string of the molecule is CC(=O)NC[C@H]1CN(c2ccc(N3CCN(C(=O)CCC(=O)c4ccc(CNC(=O)[C@H](C)NC(=O)[C@H](C)N)cc4)CC3)c(F)c2)C(=O)O1. The monoisotopic (exact) mass is 667 g/mol. The number of benzene rings is 2. The number of rotatable bonds is 13. The summed E-state index contributed by atoms with van der Waals surface area (Å²) in [6.07, 6.45) is -1.07. The van der Waals surface area contributed by atoms with Crippen molar-refractivity contribution in [1.82, 2.24) is 20.9 Å². The van der Waals surface area contributed by atoms with Crippen LogP contribution < -0.4 is 31.5 Å². The lowest BCUT2D eigenvalue weighted by Gasteiger charge is -2.36. The van der Waals surface area contributed by atoms with E-state index >= 15 is 4.39 Å². The number of hydrogen-bond acceptors (Lipinski definition) is 9. The average Bonchev–Trinajstić information content (AvgIpc) is 3.45. The van der Waals surface area contributed by atoms with Crippen molar-refractivity contribution >= 4 is 46.9 Å². The first kappa shape index (κ1) is 35.8. The smallest absolute Gasteiger partial charge is 0.414 e. The summed E-state index contributed by atoms with van der Waals surface area (Å²) in [7, 11) is 0. The number of ether oxygens (including phenoxy) is 1. The van der Waals surface area contributed by atoms with Gasteiger partial charge >= 0.3 is 6.09 Å². The fraction of sp³-hybridized carbons (Fsp3) is 0.455. The minimum atomic E-state index is -0.751. The Hall–Kier alpha value is -5.05. The molecule has 2 aromatic rings. The zero-order chi connectivity index (χ0) is 35.0.